The normalized spacial score (nSPS) is 12.2. The van der Waals surface area contributed by atoms with Crippen molar-refractivity contribution in [3.63, 3.8) is 0 Å². The number of aryl methyl sites for hydroxylation is 1. The summed E-state index contributed by atoms with van der Waals surface area (Å²) in [5, 5.41) is 3.85. The fraction of sp³-hybridized carbons (Fsp3) is 0.333. The second-order valence-electron chi connectivity index (χ2n) is 10.2. The highest BCUT2D eigenvalue weighted by Gasteiger charge is 2.33. The molecule has 10 heteroatoms. The lowest BCUT2D eigenvalue weighted by molar-refractivity contribution is -0.140. The van der Waals surface area contributed by atoms with Crippen LogP contribution in [0.15, 0.2) is 72.8 Å². The van der Waals surface area contributed by atoms with Crippen LogP contribution in [0.1, 0.15) is 30.5 Å². The highest BCUT2D eigenvalue weighted by Crippen LogP contribution is 2.27. The molecule has 1 atom stereocenters. The first-order valence-corrected chi connectivity index (χ1v) is 15.6. The number of hydrogen-bond acceptors (Lipinski definition) is 4. The predicted octanol–water partition coefficient (Wildman–Crippen LogP) is 5.48. The smallest absolute Gasteiger partial charge is 0.244 e. The third-order valence-electron chi connectivity index (χ3n) is 6.36. The minimum atomic E-state index is -3.87. The molecule has 0 spiro atoms. The van der Waals surface area contributed by atoms with E-state index in [2.05, 4.69) is 5.32 Å². The average Bonchev–Trinajstić information content (AvgIpc) is 2.89. The number of hydrogen-bond donors (Lipinski definition) is 1. The molecule has 3 aromatic rings. The third kappa shape index (κ3) is 8.71. The second kappa shape index (κ2) is 14.0. The first kappa shape index (κ1) is 31.5. The first-order chi connectivity index (χ1) is 18.9. The summed E-state index contributed by atoms with van der Waals surface area (Å²) in [6.45, 7) is 5.63. The average molecular weight is 605 g/mol. The number of nitrogens with zero attached hydrogens (tertiary/aromatic N) is 2. The molecule has 0 saturated heterocycles. The maximum Gasteiger partial charge on any atom is 0.244 e. The Morgan fingerprint density at radius 3 is 2.20 bits per heavy atom. The van der Waals surface area contributed by atoms with E-state index < -0.39 is 28.5 Å². The van der Waals surface area contributed by atoms with Gasteiger partial charge in [0.2, 0.25) is 21.8 Å². The van der Waals surface area contributed by atoms with Gasteiger partial charge in [-0.2, -0.15) is 0 Å². The molecule has 1 N–H and O–H groups in total. The summed E-state index contributed by atoms with van der Waals surface area (Å²) >= 11 is 12.6. The lowest BCUT2D eigenvalue weighted by Gasteiger charge is -2.34. The summed E-state index contributed by atoms with van der Waals surface area (Å²) in [6, 6.07) is 20.3. The zero-order valence-corrected chi connectivity index (χ0v) is 25.4. The van der Waals surface area contributed by atoms with Crippen LogP contribution >= 0.6 is 23.2 Å². The number of carbonyl (C=O) groups excluding carboxylic acids is 2. The molecule has 0 heterocycles. The zero-order chi connectivity index (χ0) is 29.4. The summed E-state index contributed by atoms with van der Waals surface area (Å²) in [7, 11) is -3.87. The Bertz CT molecular complexity index is 1430. The Morgan fingerprint density at radius 1 is 0.950 bits per heavy atom. The fourth-order valence-electron chi connectivity index (χ4n) is 4.28. The summed E-state index contributed by atoms with van der Waals surface area (Å²) < 4.78 is 26.9. The van der Waals surface area contributed by atoms with E-state index in [0.717, 1.165) is 16.1 Å². The van der Waals surface area contributed by atoms with Crippen molar-refractivity contribution in [1.82, 2.24) is 10.2 Å². The van der Waals surface area contributed by atoms with E-state index >= 15 is 0 Å². The molecule has 214 valence electrons. The maximum absolute atomic E-state index is 14.1. The number of halogens is 2. The number of carbonyl (C=O) groups is 2. The summed E-state index contributed by atoms with van der Waals surface area (Å²) in [6.07, 6.45) is 1.28. The van der Waals surface area contributed by atoms with Crippen LogP contribution < -0.4 is 9.62 Å². The molecule has 40 heavy (non-hydrogen) atoms. The van der Waals surface area contributed by atoms with Crippen LogP contribution in [0.3, 0.4) is 0 Å². The zero-order valence-electron chi connectivity index (χ0n) is 23.1. The minimum absolute atomic E-state index is 0.0162. The lowest BCUT2D eigenvalue weighted by Crippen LogP contribution is -2.53. The summed E-state index contributed by atoms with van der Waals surface area (Å²) in [5.74, 6) is -0.672. The van der Waals surface area contributed by atoms with Crippen LogP contribution in [-0.4, -0.2) is 50.5 Å². The number of nitrogens with one attached hydrogen (secondary N) is 1. The molecule has 0 saturated carbocycles. The standard InChI is InChI=1S/C30H35Cl2N3O4S/c1-21(2)18-33-30(37)28(17-23-10-6-5-7-11-23)34(19-24-12-8-9-13-26(24)32)29(36)20-35(40(4,38)39)27-15-14-25(31)16-22(27)3/h5-16,21,28H,17-20H2,1-4H3,(H,33,37)/t28-/m0/s1. The lowest BCUT2D eigenvalue weighted by atomic mass is 10.0. The van der Waals surface area contributed by atoms with Gasteiger partial charge in [0.05, 0.1) is 11.9 Å². The molecule has 0 aliphatic rings. The van der Waals surface area contributed by atoms with Crippen LogP contribution in [0.5, 0.6) is 0 Å². The Balaban J connectivity index is 2.08. The molecule has 0 radical (unpaired) electrons. The van der Waals surface area contributed by atoms with Gasteiger partial charge in [-0.25, -0.2) is 8.42 Å². The van der Waals surface area contributed by atoms with Crippen molar-refractivity contribution in [1.29, 1.82) is 0 Å². The molecule has 7 nitrogen and oxygen atoms in total. The SMILES string of the molecule is Cc1cc(Cl)ccc1N(CC(=O)N(Cc1ccccc1Cl)[C@@H](Cc1ccccc1)C(=O)NCC(C)C)S(C)(=O)=O. The van der Waals surface area contributed by atoms with Crippen molar-refractivity contribution in [2.45, 2.75) is 39.8 Å². The van der Waals surface area contributed by atoms with Gasteiger partial charge >= 0.3 is 0 Å². The van der Waals surface area contributed by atoms with E-state index in [-0.39, 0.29) is 24.8 Å². The molecule has 3 aromatic carbocycles. The van der Waals surface area contributed by atoms with Crippen molar-refractivity contribution in [2.24, 2.45) is 5.92 Å². The van der Waals surface area contributed by atoms with E-state index in [1.807, 2.05) is 44.2 Å². The van der Waals surface area contributed by atoms with Gasteiger partial charge in [0.1, 0.15) is 12.6 Å². The number of anilines is 1. The number of sulfonamides is 1. The van der Waals surface area contributed by atoms with Gasteiger partial charge in [-0.3, -0.25) is 13.9 Å². The second-order valence-corrected chi connectivity index (χ2v) is 12.9. The topological polar surface area (TPSA) is 86.8 Å². The van der Waals surface area contributed by atoms with Crippen LogP contribution in [0.25, 0.3) is 0 Å². The van der Waals surface area contributed by atoms with E-state index in [4.69, 9.17) is 23.2 Å². The molecule has 0 aromatic heterocycles. The molecule has 0 fully saturated rings. The largest absolute Gasteiger partial charge is 0.354 e. The van der Waals surface area contributed by atoms with Crippen LogP contribution in [0.2, 0.25) is 10.0 Å². The molecule has 0 unspecified atom stereocenters. The maximum atomic E-state index is 14.1. The van der Waals surface area contributed by atoms with Crippen molar-refractivity contribution in [2.75, 3.05) is 23.7 Å². The van der Waals surface area contributed by atoms with Gasteiger partial charge in [0.15, 0.2) is 0 Å². The molecule has 0 bridgehead atoms. The van der Waals surface area contributed by atoms with Crippen LogP contribution in [-0.2, 0) is 32.6 Å². The molecule has 3 rings (SSSR count). The van der Waals surface area contributed by atoms with E-state index in [1.165, 1.54) is 4.90 Å². The first-order valence-electron chi connectivity index (χ1n) is 12.9. The molecule has 0 aliphatic carbocycles. The monoisotopic (exact) mass is 603 g/mol. The van der Waals surface area contributed by atoms with Crippen molar-refractivity contribution in [3.05, 3.63) is 99.5 Å². The quantitative estimate of drug-likeness (QED) is 0.297. The van der Waals surface area contributed by atoms with Gasteiger partial charge in [-0.1, -0.05) is 85.6 Å². The van der Waals surface area contributed by atoms with Gasteiger partial charge in [0.25, 0.3) is 0 Å². The number of benzene rings is 3. The van der Waals surface area contributed by atoms with Gasteiger partial charge in [-0.15, -0.1) is 0 Å². The van der Waals surface area contributed by atoms with Crippen molar-refractivity contribution < 1.29 is 18.0 Å². The molecule has 2 amide bonds. The van der Waals surface area contributed by atoms with Crippen LogP contribution in [0, 0.1) is 12.8 Å². The predicted molar refractivity (Wildman–Crippen MR) is 162 cm³/mol. The Hall–Kier alpha value is -3.07. The Morgan fingerprint density at radius 2 is 1.60 bits per heavy atom. The van der Waals surface area contributed by atoms with Crippen molar-refractivity contribution in [3.8, 4) is 0 Å². The van der Waals surface area contributed by atoms with Gasteiger partial charge in [0, 0.05) is 29.6 Å². The highest BCUT2D eigenvalue weighted by atomic mass is 35.5. The number of rotatable bonds is 12. The summed E-state index contributed by atoms with van der Waals surface area (Å²) in [4.78, 5) is 29.2. The van der Waals surface area contributed by atoms with Gasteiger partial charge < -0.3 is 10.2 Å². The van der Waals surface area contributed by atoms with E-state index in [1.54, 1.807) is 49.4 Å². The molecular weight excluding hydrogens is 569 g/mol. The number of amides is 2. The van der Waals surface area contributed by atoms with Gasteiger partial charge in [-0.05, 0) is 53.8 Å². The van der Waals surface area contributed by atoms with Crippen molar-refractivity contribution >= 4 is 50.7 Å². The minimum Gasteiger partial charge on any atom is -0.354 e. The Kier molecular flexibility index (Phi) is 11.0. The Labute approximate surface area is 247 Å². The fourth-order valence-corrected chi connectivity index (χ4v) is 5.61. The van der Waals surface area contributed by atoms with Crippen LogP contribution in [0.4, 0.5) is 5.69 Å². The molecular formula is C30H35Cl2N3O4S. The third-order valence-corrected chi connectivity index (χ3v) is 8.09. The van der Waals surface area contributed by atoms with E-state index in [9.17, 15) is 18.0 Å². The highest BCUT2D eigenvalue weighted by molar-refractivity contribution is 7.92. The van der Waals surface area contributed by atoms with E-state index in [0.29, 0.717) is 33.4 Å². The summed E-state index contributed by atoms with van der Waals surface area (Å²) in [5.41, 5.74) is 2.43. The molecule has 0 aliphatic heterocycles.